The SMILES string of the molecule is CCOC1(c2nc(N)c(Br)c(C(C)C)n2)CCCCC1. The first-order valence-corrected chi connectivity index (χ1v) is 8.27. The lowest BCUT2D eigenvalue weighted by atomic mass is 9.83. The van der Waals surface area contributed by atoms with Gasteiger partial charge in [0.2, 0.25) is 0 Å². The number of anilines is 1. The van der Waals surface area contributed by atoms with Gasteiger partial charge in [0.05, 0.1) is 10.2 Å². The summed E-state index contributed by atoms with van der Waals surface area (Å²) in [5, 5.41) is 0. The predicted octanol–water partition coefficient (Wildman–Crippen LogP) is 4.14. The van der Waals surface area contributed by atoms with Gasteiger partial charge in [0.25, 0.3) is 0 Å². The van der Waals surface area contributed by atoms with Crippen LogP contribution in [0.2, 0.25) is 0 Å². The monoisotopic (exact) mass is 341 g/mol. The van der Waals surface area contributed by atoms with Crippen molar-refractivity contribution in [2.24, 2.45) is 0 Å². The van der Waals surface area contributed by atoms with Crippen molar-refractivity contribution in [1.82, 2.24) is 9.97 Å². The largest absolute Gasteiger partial charge is 0.383 e. The molecule has 5 heteroatoms. The van der Waals surface area contributed by atoms with Gasteiger partial charge in [0.1, 0.15) is 11.4 Å². The maximum atomic E-state index is 6.09. The number of aromatic nitrogens is 2. The molecule has 0 spiro atoms. The van der Waals surface area contributed by atoms with Crippen LogP contribution in [-0.2, 0) is 10.3 Å². The molecule has 0 radical (unpaired) electrons. The second-order valence-corrected chi connectivity index (χ2v) is 6.57. The minimum Gasteiger partial charge on any atom is -0.383 e. The van der Waals surface area contributed by atoms with Crippen molar-refractivity contribution in [2.45, 2.75) is 64.4 Å². The Labute approximate surface area is 129 Å². The Bertz CT molecular complexity index is 465. The lowest BCUT2D eigenvalue weighted by Crippen LogP contribution is -2.35. The molecule has 1 saturated carbocycles. The third-order valence-electron chi connectivity index (χ3n) is 3.94. The average molecular weight is 342 g/mol. The molecule has 0 amide bonds. The Morgan fingerprint density at radius 2 is 1.90 bits per heavy atom. The van der Waals surface area contributed by atoms with Crippen LogP contribution in [0.5, 0.6) is 0 Å². The summed E-state index contributed by atoms with van der Waals surface area (Å²) in [7, 11) is 0. The lowest BCUT2D eigenvalue weighted by molar-refractivity contribution is -0.0767. The van der Waals surface area contributed by atoms with E-state index in [0.29, 0.717) is 18.3 Å². The highest BCUT2D eigenvalue weighted by Gasteiger charge is 2.38. The van der Waals surface area contributed by atoms with Crippen LogP contribution in [0, 0.1) is 0 Å². The number of hydrogen-bond donors (Lipinski definition) is 1. The van der Waals surface area contributed by atoms with Gasteiger partial charge >= 0.3 is 0 Å². The molecule has 0 aliphatic heterocycles. The van der Waals surface area contributed by atoms with Crippen molar-refractivity contribution in [1.29, 1.82) is 0 Å². The molecule has 0 aromatic carbocycles. The Hall–Kier alpha value is -0.680. The van der Waals surface area contributed by atoms with Crippen LogP contribution in [0.25, 0.3) is 0 Å². The summed E-state index contributed by atoms with van der Waals surface area (Å²) in [5.74, 6) is 1.59. The Kier molecular flexibility index (Phi) is 5.02. The second kappa shape index (κ2) is 6.39. The highest BCUT2D eigenvalue weighted by atomic mass is 79.9. The predicted molar refractivity (Wildman–Crippen MR) is 84.6 cm³/mol. The number of hydrogen-bond acceptors (Lipinski definition) is 4. The Morgan fingerprint density at radius 1 is 1.25 bits per heavy atom. The molecule has 1 aromatic rings. The summed E-state index contributed by atoms with van der Waals surface area (Å²) < 4.78 is 6.91. The van der Waals surface area contributed by atoms with Crippen molar-refractivity contribution in [3.63, 3.8) is 0 Å². The molecule has 0 saturated heterocycles. The molecule has 2 rings (SSSR count). The zero-order valence-corrected chi connectivity index (χ0v) is 14.2. The highest BCUT2D eigenvalue weighted by molar-refractivity contribution is 9.10. The quantitative estimate of drug-likeness (QED) is 0.893. The molecule has 1 aromatic heterocycles. The van der Waals surface area contributed by atoms with Gasteiger partial charge in [0.15, 0.2) is 5.82 Å². The maximum Gasteiger partial charge on any atom is 0.162 e. The summed E-state index contributed by atoms with van der Waals surface area (Å²) in [6, 6.07) is 0. The summed E-state index contributed by atoms with van der Waals surface area (Å²) in [6.07, 6.45) is 5.56. The van der Waals surface area contributed by atoms with Gasteiger partial charge in [-0.15, -0.1) is 0 Å². The molecular formula is C15H24BrN3O. The van der Waals surface area contributed by atoms with Gasteiger partial charge < -0.3 is 10.5 Å². The van der Waals surface area contributed by atoms with Gasteiger partial charge in [-0.05, 0) is 41.6 Å². The van der Waals surface area contributed by atoms with Gasteiger partial charge in [-0.3, -0.25) is 0 Å². The van der Waals surface area contributed by atoms with E-state index in [4.69, 9.17) is 15.5 Å². The minimum absolute atomic E-state index is 0.302. The van der Waals surface area contributed by atoms with E-state index >= 15 is 0 Å². The molecule has 1 fully saturated rings. The summed E-state index contributed by atoms with van der Waals surface area (Å²) in [6.45, 7) is 6.94. The zero-order chi connectivity index (χ0) is 14.8. The first-order valence-electron chi connectivity index (χ1n) is 7.47. The Morgan fingerprint density at radius 3 is 2.45 bits per heavy atom. The van der Waals surface area contributed by atoms with Crippen LogP contribution in [-0.4, -0.2) is 16.6 Å². The normalized spacial score (nSPS) is 18.4. The van der Waals surface area contributed by atoms with Crippen LogP contribution >= 0.6 is 15.9 Å². The third-order valence-corrected chi connectivity index (χ3v) is 4.75. The molecular weight excluding hydrogens is 318 g/mol. The number of nitrogens with zero attached hydrogens (tertiary/aromatic N) is 2. The molecule has 0 atom stereocenters. The van der Waals surface area contributed by atoms with Crippen LogP contribution in [0.15, 0.2) is 4.47 Å². The van der Waals surface area contributed by atoms with Gasteiger partial charge in [-0.25, -0.2) is 9.97 Å². The van der Waals surface area contributed by atoms with Gasteiger partial charge in [0, 0.05) is 6.61 Å². The van der Waals surface area contributed by atoms with E-state index in [2.05, 4.69) is 34.8 Å². The molecule has 1 aliphatic carbocycles. The Balaban J connectivity index is 2.48. The lowest BCUT2D eigenvalue weighted by Gasteiger charge is -2.36. The van der Waals surface area contributed by atoms with Crippen molar-refractivity contribution in [3.8, 4) is 0 Å². The summed E-state index contributed by atoms with van der Waals surface area (Å²) >= 11 is 3.50. The highest BCUT2D eigenvalue weighted by Crippen LogP contribution is 2.40. The smallest absolute Gasteiger partial charge is 0.162 e. The molecule has 1 aliphatic rings. The molecule has 0 unspecified atom stereocenters. The van der Waals surface area contributed by atoms with Crippen LogP contribution in [0.4, 0.5) is 5.82 Å². The van der Waals surface area contributed by atoms with E-state index in [1.54, 1.807) is 0 Å². The van der Waals surface area contributed by atoms with Crippen molar-refractivity contribution in [3.05, 3.63) is 16.0 Å². The fourth-order valence-corrected chi connectivity index (χ4v) is 3.54. The van der Waals surface area contributed by atoms with Gasteiger partial charge in [-0.1, -0.05) is 33.1 Å². The molecule has 112 valence electrons. The second-order valence-electron chi connectivity index (χ2n) is 5.77. The first kappa shape index (κ1) is 15.7. The minimum atomic E-state index is -0.342. The van der Waals surface area contributed by atoms with Gasteiger partial charge in [-0.2, -0.15) is 0 Å². The topological polar surface area (TPSA) is 61.0 Å². The fourth-order valence-electron chi connectivity index (χ4n) is 2.90. The third kappa shape index (κ3) is 2.98. The van der Waals surface area contributed by atoms with Crippen LogP contribution in [0.3, 0.4) is 0 Å². The molecule has 0 bridgehead atoms. The van der Waals surface area contributed by atoms with E-state index in [1.807, 2.05) is 6.92 Å². The number of nitrogen functional groups attached to an aromatic ring is 1. The molecule has 4 nitrogen and oxygen atoms in total. The van der Waals surface area contributed by atoms with E-state index in [-0.39, 0.29) is 5.60 Å². The standard InChI is InChI=1S/C15H24BrN3O/c1-4-20-15(8-6-5-7-9-15)14-18-12(10(2)3)11(16)13(17)19-14/h10H,4-9H2,1-3H3,(H2,17,18,19). The summed E-state index contributed by atoms with van der Waals surface area (Å²) in [4.78, 5) is 9.31. The van der Waals surface area contributed by atoms with E-state index in [9.17, 15) is 0 Å². The van der Waals surface area contributed by atoms with Crippen molar-refractivity contribution < 1.29 is 4.74 Å². The molecule has 2 N–H and O–H groups in total. The number of halogens is 1. The van der Waals surface area contributed by atoms with E-state index < -0.39 is 0 Å². The van der Waals surface area contributed by atoms with E-state index in [0.717, 1.165) is 41.7 Å². The number of ether oxygens (including phenoxy) is 1. The number of nitrogens with two attached hydrogens (primary N) is 1. The average Bonchev–Trinajstić information content (AvgIpc) is 2.42. The molecule has 20 heavy (non-hydrogen) atoms. The fraction of sp³-hybridized carbons (Fsp3) is 0.733. The van der Waals surface area contributed by atoms with Crippen LogP contribution < -0.4 is 5.73 Å². The van der Waals surface area contributed by atoms with Crippen molar-refractivity contribution >= 4 is 21.7 Å². The van der Waals surface area contributed by atoms with E-state index in [1.165, 1.54) is 6.42 Å². The zero-order valence-electron chi connectivity index (χ0n) is 12.6. The van der Waals surface area contributed by atoms with Crippen LogP contribution in [0.1, 0.15) is 70.3 Å². The number of rotatable bonds is 4. The van der Waals surface area contributed by atoms with Crippen molar-refractivity contribution in [2.75, 3.05) is 12.3 Å². The maximum absolute atomic E-state index is 6.09. The molecule has 1 heterocycles. The summed E-state index contributed by atoms with van der Waals surface area (Å²) in [5.41, 5.74) is 6.70. The first-order chi connectivity index (χ1) is 9.50.